The van der Waals surface area contributed by atoms with Crippen LogP contribution in [0.2, 0.25) is 0 Å². The van der Waals surface area contributed by atoms with Crippen molar-refractivity contribution in [1.29, 1.82) is 0 Å². The summed E-state index contributed by atoms with van der Waals surface area (Å²) in [6, 6.07) is 3.52. The van der Waals surface area contributed by atoms with E-state index in [-0.39, 0.29) is 12.1 Å². The van der Waals surface area contributed by atoms with Crippen LogP contribution in [0, 0.1) is 0 Å². The van der Waals surface area contributed by atoms with E-state index in [9.17, 15) is 0 Å². The molecule has 0 aliphatic heterocycles. The van der Waals surface area contributed by atoms with Crippen LogP contribution in [-0.2, 0) is 4.74 Å². The number of nitrogens with two attached hydrogens (primary N) is 1. The van der Waals surface area contributed by atoms with Crippen molar-refractivity contribution >= 4 is 15.9 Å². The summed E-state index contributed by atoms with van der Waals surface area (Å²) in [4.78, 5) is 0. The molecule has 0 spiro atoms. The average molecular weight is 318 g/mol. The van der Waals surface area contributed by atoms with Gasteiger partial charge in [0.2, 0.25) is 0 Å². The number of halogens is 1. The van der Waals surface area contributed by atoms with Crippen molar-refractivity contribution in [3.05, 3.63) is 22.2 Å². The molecule has 0 bridgehead atoms. The Labute approximate surface area is 117 Å². The zero-order chi connectivity index (χ0) is 13.7. The first-order valence-corrected chi connectivity index (χ1v) is 6.63. The van der Waals surface area contributed by atoms with Crippen LogP contribution in [0.15, 0.2) is 16.6 Å². The summed E-state index contributed by atoms with van der Waals surface area (Å²) in [5, 5.41) is 0. The van der Waals surface area contributed by atoms with E-state index in [1.807, 2.05) is 26.0 Å². The van der Waals surface area contributed by atoms with Crippen molar-refractivity contribution in [2.75, 3.05) is 20.8 Å². The highest BCUT2D eigenvalue weighted by Gasteiger charge is 2.22. The van der Waals surface area contributed by atoms with E-state index in [2.05, 4.69) is 15.9 Å². The van der Waals surface area contributed by atoms with Crippen LogP contribution in [0.4, 0.5) is 0 Å². The summed E-state index contributed by atoms with van der Waals surface area (Å²) in [7, 11) is 3.23. The first-order chi connectivity index (χ1) is 8.56. The molecular weight excluding hydrogens is 298 g/mol. The molecule has 2 N–H and O–H groups in total. The van der Waals surface area contributed by atoms with Crippen LogP contribution in [0.25, 0.3) is 0 Å². The Bertz CT molecular complexity index is 398. The normalized spacial score (nSPS) is 14.1. The second-order valence-electron chi connectivity index (χ2n) is 3.89. The van der Waals surface area contributed by atoms with Gasteiger partial charge in [-0.05, 0) is 41.9 Å². The second kappa shape index (κ2) is 6.97. The molecule has 102 valence electrons. The SMILES string of the molecule is CCOC(C)C(N)c1ccc(OC)c(Br)c1OC. The summed E-state index contributed by atoms with van der Waals surface area (Å²) < 4.78 is 16.9. The van der Waals surface area contributed by atoms with Gasteiger partial charge < -0.3 is 19.9 Å². The smallest absolute Gasteiger partial charge is 0.141 e. The minimum Gasteiger partial charge on any atom is -0.495 e. The first-order valence-electron chi connectivity index (χ1n) is 5.84. The monoisotopic (exact) mass is 317 g/mol. The lowest BCUT2D eigenvalue weighted by Gasteiger charge is -2.23. The predicted octanol–water partition coefficient (Wildman–Crippen LogP) is 2.89. The molecule has 0 saturated carbocycles. The third-order valence-electron chi connectivity index (χ3n) is 2.81. The summed E-state index contributed by atoms with van der Waals surface area (Å²) in [5.74, 6) is 1.40. The van der Waals surface area contributed by atoms with E-state index in [1.165, 1.54) is 0 Å². The second-order valence-corrected chi connectivity index (χ2v) is 4.68. The molecule has 1 aromatic rings. The van der Waals surface area contributed by atoms with Gasteiger partial charge in [-0.15, -0.1) is 0 Å². The molecule has 0 saturated heterocycles. The Morgan fingerprint density at radius 1 is 1.28 bits per heavy atom. The van der Waals surface area contributed by atoms with Crippen LogP contribution in [-0.4, -0.2) is 26.9 Å². The van der Waals surface area contributed by atoms with E-state index in [4.69, 9.17) is 19.9 Å². The topological polar surface area (TPSA) is 53.7 Å². The van der Waals surface area contributed by atoms with Gasteiger partial charge in [0, 0.05) is 12.2 Å². The van der Waals surface area contributed by atoms with Crippen molar-refractivity contribution in [2.24, 2.45) is 5.73 Å². The highest BCUT2D eigenvalue weighted by atomic mass is 79.9. The number of ether oxygens (including phenoxy) is 3. The molecular formula is C13H20BrNO3. The zero-order valence-electron chi connectivity index (χ0n) is 11.2. The number of benzene rings is 1. The Kier molecular flexibility index (Phi) is 5.91. The van der Waals surface area contributed by atoms with Crippen molar-refractivity contribution in [1.82, 2.24) is 0 Å². The number of rotatable bonds is 6. The minimum atomic E-state index is -0.248. The lowest BCUT2D eigenvalue weighted by molar-refractivity contribution is 0.0568. The Balaban J connectivity index is 3.12. The minimum absolute atomic E-state index is 0.0794. The lowest BCUT2D eigenvalue weighted by Crippen LogP contribution is -2.26. The Hall–Kier alpha value is -0.780. The average Bonchev–Trinajstić information content (AvgIpc) is 2.37. The number of hydrogen-bond acceptors (Lipinski definition) is 4. The molecule has 2 atom stereocenters. The van der Waals surface area contributed by atoms with E-state index in [1.54, 1.807) is 14.2 Å². The molecule has 0 aromatic heterocycles. The molecule has 0 radical (unpaired) electrons. The van der Waals surface area contributed by atoms with Gasteiger partial charge >= 0.3 is 0 Å². The van der Waals surface area contributed by atoms with Crippen molar-refractivity contribution in [2.45, 2.75) is 26.0 Å². The zero-order valence-corrected chi connectivity index (χ0v) is 12.8. The molecule has 1 aromatic carbocycles. The molecule has 5 heteroatoms. The number of methoxy groups -OCH3 is 2. The standard InChI is InChI=1S/C13H20BrNO3/c1-5-18-8(2)12(15)9-6-7-10(16-3)11(14)13(9)17-4/h6-8,12H,5,15H2,1-4H3. The van der Waals surface area contributed by atoms with E-state index >= 15 is 0 Å². The predicted molar refractivity (Wildman–Crippen MR) is 75.3 cm³/mol. The molecule has 0 heterocycles. The first kappa shape index (κ1) is 15.3. The Morgan fingerprint density at radius 3 is 2.44 bits per heavy atom. The molecule has 2 unspecified atom stereocenters. The van der Waals surface area contributed by atoms with Crippen LogP contribution < -0.4 is 15.2 Å². The van der Waals surface area contributed by atoms with Crippen LogP contribution >= 0.6 is 15.9 Å². The van der Waals surface area contributed by atoms with E-state index < -0.39 is 0 Å². The van der Waals surface area contributed by atoms with Crippen molar-refractivity contribution < 1.29 is 14.2 Å². The molecule has 1 rings (SSSR count). The summed E-state index contributed by atoms with van der Waals surface area (Å²) in [5.41, 5.74) is 7.09. The third kappa shape index (κ3) is 3.16. The van der Waals surface area contributed by atoms with Gasteiger partial charge in [-0.1, -0.05) is 0 Å². The molecule has 4 nitrogen and oxygen atoms in total. The van der Waals surface area contributed by atoms with Gasteiger partial charge in [0.15, 0.2) is 0 Å². The largest absolute Gasteiger partial charge is 0.495 e. The van der Waals surface area contributed by atoms with Gasteiger partial charge in [-0.25, -0.2) is 0 Å². The highest BCUT2D eigenvalue weighted by molar-refractivity contribution is 9.10. The summed E-state index contributed by atoms with van der Waals surface area (Å²) >= 11 is 3.46. The maximum absolute atomic E-state index is 6.19. The maximum atomic E-state index is 6.19. The molecule has 0 amide bonds. The van der Waals surface area contributed by atoms with Gasteiger partial charge in [0.25, 0.3) is 0 Å². The molecule has 0 aliphatic rings. The van der Waals surface area contributed by atoms with Crippen LogP contribution in [0.1, 0.15) is 25.5 Å². The summed E-state index contributed by atoms with van der Waals surface area (Å²) in [6.45, 7) is 4.53. The van der Waals surface area contributed by atoms with Crippen LogP contribution in [0.5, 0.6) is 11.5 Å². The van der Waals surface area contributed by atoms with Gasteiger partial charge in [0.05, 0.1) is 26.4 Å². The van der Waals surface area contributed by atoms with Crippen molar-refractivity contribution in [3.8, 4) is 11.5 Å². The van der Waals surface area contributed by atoms with E-state index in [0.29, 0.717) is 18.1 Å². The highest BCUT2D eigenvalue weighted by Crippen LogP contribution is 2.40. The fraction of sp³-hybridized carbons (Fsp3) is 0.538. The third-order valence-corrected chi connectivity index (χ3v) is 3.56. The van der Waals surface area contributed by atoms with Crippen LogP contribution in [0.3, 0.4) is 0 Å². The van der Waals surface area contributed by atoms with E-state index in [0.717, 1.165) is 10.0 Å². The number of hydrogen-bond donors (Lipinski definition) is 1. The molecule has 0 aliphatic carbocycles. The van der Waals surface area contributed by atoms with Gasteiger partial charge in [0.1, 0.15) is 16.0 Å². The van der Waals surface area contributed by atoms with Gasteiger partial charge in [-0.3, -0.25) is 0 Å². The fourth-order valence-corrected chi connectivity index (χ4v) is 2.48. The fourth-order valence-electron chi connectivity index (χ4n) is 1.80. The molecule has 18 heavy (non-hydrogen) atoms. The maximum Gasteiger partial charge on any atom is 0.141 e. The lowest BCUT2D eigenvalue weighted by atomic mass is 10.0. The summed E-state index contributed by atoms with van der Waals surface area (Å²) in [6.07, 6.45) is -0.0794. The van der Waals surface area contributed by atoms with Crippen molar-refractivity contribution in [3.63, 3.8) is 0 Å². The Morgan fingerprint density at radius 2 is 1.94 bits per heavy atom. The quantitative estimate of drug-likeness (QED) is 0.876. The van der Waals surface area contributed by atoms with Gasteiger partial charge in [-0.2, -0.15) is 0 Å². The molecule has 0 fully saturated rings.